The van der Waals surface area contributed by atoms with Crippen molar-refractivity contribution in [1.29, 1.82) is 0 Å². The van der Waals surface area contributed by atoms with E-state index in [1.807, 2.05) is 30.5 Å². The van der Waals surface area contributed by atoms with Gasteiger partial charge in [-0.1, -0.05) is 39.8 Å². The third-order valence-electron chi connectivity index (χ3n) is 1.88. The number of rotatable bonds is 3. The first-order valence-corrected chi connectivity index (χ1v) is 6.55. The lowest BCUT2D eigenvalue weighted by molar-refractivity contribution is 0.768. The van der Waals surface area contributed by atoms with E-state index >= 15 is 0 Å². The van der Waals surface area contributed by atoms with Crippen LogP contribution in [0.25, 0.3) is 0 Å². The molecule has 0 aliphatic rings. The predicted octanol–water partition coefficient (Wildman–Crippen LogP) is 2.64. The topological polar surface area (TPSA) is 43.1 Å². The summed E-state index contributed by atoms with van der Waals surface area (Å²) in [4.78, 5) is 0. The zero-order valence-electron chi connectivity index (χ0n) is 8.54. The number of nitrogens with zero attached hydrogens (tertiary/aromatic N) is 4. The average molecular weight is 297 g/mol. The van der Waals surface area contributed by atoms with Crippen LogP contribution in [-0.2, 0) is 0 Å². The predicted molar refractivity (Wildman–Crippen MR) is 68.9 cm³/mol. The van der Waals surface area contributed by atoms with Crippen molar-refractivity contribution in [3.63, 3.8) is 0 Å². The van der Waals surface area contributed by atoms with Gasteiger partial charge < -0.3 is 0 Å². The Morgan fingerprint density at radius 3 is 2.81 bits per heavy atom. The molecule has 1 aromatic carbocycles. The van der Waals surface area contributed by atoms with E-state index < -0.39 is 0 Å². The van der Waals surface area contributed by atoms with Crippen molar-refractivity contribution in [3.8, 4) is 0 Å². The van der Waals surface area contributed by atoms with Gasteiger partial charge in [-0.05, 0) is 24.0 Å². The largest absolute Gasteiger partial charge is 0.211 e. The Morgan fingerprint density at radius 1 is 1.38 bits per heavy atom. The molecule has 0 amide bonds. The second-order valence-corrected chi connectivity index (χ2v) is 4.65. The average Bonchev–Trinajstić information content (AvgIpc) is 2.76. The van der Waals surface area contributed by atoms with Crippen LogP contribution >= 0.6 is 27.7 Å². The lowest BCUT2D eigenvalue weighted by atomic mass is 10.2. The maximum atomic E-state index is 4.27. The number of hydrogen-bond acceptors (Lipinski definition) is 4. The van der Waals surface area contributed by atoms with Crippen molar-refractivity contribution < 1.29 is 0 Å². The number of aromatic nitrogens is 3. The van der Waals surface area contributed by atoms with Gasteiger partial charge in [0.05, 0.1) is 6.21 Å². The number of halogens is 1. The molecule has 0 saturated carbocycles. The van der Waals surface area contributed by atoms with E-state index in [1.54, 1.807) is 17.2 Å². The molecule has 16 heavy (non-hydrogen) atoms. The lowest BCUT2D eigenvalue weighted by Gasteiger charge is -1.96. The highest BCUT2D eigenvalue weighted by molar-refractivity contribution is 9.10. The van der Waals surface area contributed by atoms with Crippen LogP contribution < -0.4 is 0 Å². The van der Waals surface area contributed by atoms with Crippen molar-refractivity contribution in [2.24, 2.45) is 5.10 Å². The first-order chi connectivity index (χ1) is 7.79. The van der Waals surface area contributed by atoms with Gasteiger partial charge in [-0.3, -0.25) is 0 Å². The molecule has 4 nitrogen and oxygen atoms in total. The fourth-order valence-corrected chi connectivity index (χ4v) is 1.79. The van der Waals surface area contributed by atoms with Gasteiger partial charge in [-0.2, -0.15) is 9.78 Å². The van der Waals surface area contributed by atoms with Crippen molar-refractivity contribution in [3.05, 3.63) is 40.6 Å². The third-order valence-corrected chi connectivity index (χ3v) is 3.05. The summed E-state index contributed by atoms with van der Waals surface area (Å²) in [5.41, 5.74) is 1.03. The molecule has 2 aromatic rings. The molecule has 1 aromatic heterocycles. The molecule has 0 aliphatic heterocycles. The van der Waals surface area contributed by atoms with Crippen LogP contribution in [0.2, 0.25) is 0 Å². The molecule has 0 bridgehead atoms. The molecule has 0 radical (unpaired) electrons. The first kappa shape index (κ1) is 11.3. The van der Waals surface area contributed by atoms with Crippen molar-refractivity contribution >= 4 is 33.9 Å². The molecule has 6 heteroatoms. The van der Waals surface area contributed by atoms with Gasteiger partial charge in [-0.25, -0.2) is 0 Å². The van der Waals surface area contributed by atoms with Crippen molar-refractivity contribution in [2.75, 3.05) is 6.26 Å². The summed E-state index contributed by atoms with van der Waals surface area (Å²) in [5, 5.41) is 12.7. The monoisotopic (exact) mass is 296 g/mol. The summed E-state index contributed by atoms with van der Waals surface area (Å²) in [6, 6.07) is 7.92. The molecule has 2 rings (SSSR count). The summed E-state index contributed by atoms with van der Waals surface area (Å²) in [6.45, 7) is 0. The van der Waals surface area contributed by atoms with E-state index in [4.69, 9.17) is 0 Å². The molecule has 0 fully saturated rings. The Morgan fingerprint density at radius 2 is 2.12 bits per heavy atom. The van der Waals surface area contributed by atoms with Crippen LogP contribution in [0.4, 0.5) is 0 Å². The normalized spacial score (nSPS) is 11.1. The van der Waals surface area contributed by atoms with Crippen LogP contribution in [0, 0.1) is 0 Å². The standard InChI is InChI=1S/C10H9BrN4S/c1-16-10-14-12-7-15(10)13-6-8-2-4-9(11)5-3-8/h2-7H,1H3/b13-6+. The zero-order chi connectivity index (χ0) is 11.4. The Kier molecular flexibility index (Phi) is 3.74. The fourth-order valence-electron chi connectivity index (χ4n) is 1.11. The minimum atomic E-state index is 0.772. The number of hydrogen-bond donors (Lipinski definition) is 0. The zero-order valence-corrected chi connectivity index (χ0v) is 10.9. The van der Waals surface area contributed by atoms with Gasteiger partial charge in [0, 0.05) is 4.47 Å². The van der Waals surface area contributed by atoms with Crippen LogP contribution in [0.5, 0.6) is 0 Å². The van der Waals surface area contributed by atoms with Crippen LogP contribution in [0.3, 0.4) is 0 Å². The molecule has 0 spiro atoms. The third kappa shape index (κ3) is 2.70. The second-order valence-electron chi connectivity index (χ2n) is 2.96. The second kappa shape index (κ2) is 5.27. The molecule has 0 unspecified atom stereocenters. The SMILES string of the molecule is CSc1nncn1/N=C/c1ccc(Br)cc1. The molecular formula is C10H9BrN4S. The Hall–Kier alpha value is -1.14. The Labute approximate surface area is 106 Å². The quantitative estimate of drug-likeness (QED) is 0.646. The minimum absolute atomic E-state index is 0.772. The van der Waals surface area contributed by atoms with Crippen molar-refractivity contribution in [1.82, 2.24) is 14.9 Å². The number of benzene rings is 1. The highest BCUT2D eigenvalue weighted by Gasteiger charge is 1.98. The fraction of sp³-hybridized carbons (Fsp3) is 0.100. The van der Waals surface area contributed by atoms with E-state index in [1.165, 1.54) is 11.8 Å². The summed E-state index contributed by atoms with van der Waals surface area (Å²) in [6.07, 6.45) is 5.30. The molecule has 0 saturated heterocycles. The maximum absolute atomic E-state index is 4.27. The molecule has 1 heterocycles. The summed E-state index contributed by atoms with van der Waals surface area (Å²) in [7, 11) is 0. The lowest BCUT2D eigenvalue weighted by Crippen LogP contribution is -1.91. The summed E-state index contributed by atoms with van der Waals surface area (Å²) in [5.74, 6) is 0. The van der Waals surface area contributed by atoms with E-state index in [2.05, 4.69) is 31.2 Å². The smallest absolute Gasteiger partial charge is 0.195 e. The van der Waals surface area contributed by atoms with Gasteiger partial charge in [0.2, 0.25) is 5.16 Å². The number of thioether (sulfide) groups is 1. The molecule has 0 atom stereocenters. The maximum Gasteiger partial charge on any atom is 0.211 e. The van der Waals surface area contributed by atoms with Gasteiger partial charge >= 0.3 is 0 Å². The van der Waals surface area contributed by atoms with Crippen LogP contribution in [-0.4, -0.2) is 27.3 Å². The summed E-state index contributed by atoms with van der Waals surface area (Å²) < 4.78 is 2.70. The minimum Gasteiger partial charge on any atom is -0.195 e. The first-order valence-electron chi connectivity index (χ1n) is 4.53. The molecular weight excluding hydrogens is 288 g/mol. The Bertz CT molecular complexity index is 492. The van der Waals surface area contributed by atoms with Crippen molar-refractivity contribution in [2.45, 2.75) is 5.16 Å². The highest BCUT2D eigenvalue weighted by Crippen LogP contribution is 2.11. The van der Waals surface area contributed by atoms with E-state index in [0.29, 0.717) is 0 Å². The summed E-state index contributed by atoms with van der Waals surface area (Å²) >= 11 is 4.89. The molecule has 0 N–H and O–H groups in total. The Balaban J connectivity index is 2.18. The van der Waals surface area contributed by atoms with Crippen LogP contribution in [0.1, 0.15) is 5.56 Å². The molecule has 0 aliphatic carbocycles. The highest BCUT2D eigenvalue weighted by atomic mass is 79.9. The molecule has 82 valence electrons. The van der Waals surface area contributed by atoms with Gasteiger partial charge in [0.25, 0.3) is 0 Å². The van der Waals surface area contributed by atoms with Crippen LogP contribution in [0.15, 0.2) is 45.3 Å². The van der Waals surface area contributed by atoms with E-state index in [-0.39, 0.29) is 0 Å². The van der Waals surface area contributed by atoms with Gasteiger partial charge in [0.15, 0.2) is 0 Å². The van der Waals surface area contributed by atoms with Gasteiger partial charge in [0.1, 0.15) is 6.33 Å². The van der Waals surface area contributed by atoms with E-state index in [0.717, 1.165) is 15.2 Å². The van der Waals surface area contributed by atoms with E-state index in [9.17, 15) is 0 Å². The van der Waals surface area contributed by atoms with Gasteiger partial charge in [-0.15, -0.1) is 10.2 Å².